The smallest absolute Gasteiger partial charge is 0.267 e. The van der Waals surface area contributed by atoms with Crippen LogP contribution in [0.1, 0.15) is 17.3 Å². The summed E-state index contributed by atoms with van der Waals surface area (Å²) in [6.07, 6.45) is 0. The first kappa shape index (κ1) is 15.6. The van der Waals surface area contributed by atoms with Gasteiger partial charge in [-0.2, -0.15) is 0 Å². The van der Waals surface area contributed by atoms with E-state index in [-0.39, 0.29) is 11.3 Å². The number of halogens is 1. The molecule has 0 saturated carbocycles. The van der Waals surface area contributed by atoms with Gasteiger partial charge < -0.3 is 15.0 Å². The van der Waals surface area contributed by atoms with Gasteiger partial charge in [0.25, 0.3) is 11.5 Å². The van der Waals surface area contributed by atoms with Crippen molar-refractivity contribution in [2.75, 3.05) is 5.32 Å². The minimum Gasteiger partial charge on any atom is -0.505 e. The van der Waals surface area contributed by atoms with Crippen molar-refractivity contribution in [2.45, 2.75) is 13.5 Å². The number of carbonyl (C=O) groups excluding carboxylic acids is 1. The van der Waals surface area contributed by atoms with Gasteiger partial charge >= 0.3 is 0 Å². The van der Waals surface area contributed by atoms with Gasteiger partial charge in [0.1, 0.15) is 5.56 Å². The molecule has 0 atom stereocenters. The van der Waals surface area contributed by atoms with Gasteiger partial charge in [-0.15, -0.1) is 11.3 Å². The number of nitrogens with one attached hydrogen (secondary N) is 1. The van der Waals surface area contributed by atoms with Crippen LogP contribution in [0.15, 0.2) is 40.5 Å². The van der Waals surface area contributed by atoms with E-state index in [4.69, 9.17) is 11.6 Å². The van der Waals surface area contributed by atoms with E-state index >= 15 is 0 Å². The highest BCUT2D eigenvalue weighted by Gasteiger charge is 2.22. The lowest BCUT2D eigenvalue weighted by Crippen LogP contribution is -2.29. The summed E-state index contributed by atoms with van der Waals surface area (Å²) in [5.74, 6) is -0.927. The molecular formula is C16H13ClN2O3S. The molecule has 0 unspecified atom stereocenters. The van der Waals surface area contributed by atoms with Gasteiger partial charge in [-0.1, -0.05) is 11.6 Å². The number of hydrogen-bond donors (Lipinski definition) is 2. The zero-order valence-corrected chi connectivity index (χ0v) is 13.7. The van der Waals surface area contributed by atoms with E-state index in [1.807, 2.05) is 6.92 Å². The first-order chi connectivity index (χ1) is 11.0. The topological polar surface area (TPSA) is 71.3 Å². The predicted molar refractivity (Wildman–Crippen MR) is 92.8 cm³/mol. The van der Waals surface area contributed by atoms with E-state index in [0.29, 0.717) is 27.5 Å². The maximum absolute atomic E-state index is 12.5. The first-order valence-electron chi connectivity index (χ1n) is 6.92. The Bertz CT molecular complexity index is 944. The number of pyridine rings is 1. The van der Waals surface area contributed by atoms with E-state index in [1.54, 1.807) is 35.7 Å². The molecule has 23 heavy (non-hydrogen) atoms. The highest BCUT2D eigenvalue weighted by atomic mass is 35.5. The van der Waals surface area contributed by atoms with Crippen molar-refractivity contribution in [3.05, 3.63) is 56.7 Å². The number of benzene rings is 1. The minimum absolute atomic E-state index is 0.253. The molecule has 5 nitrogen and oxygen atoms in total. The number of aryl methyl sites for hydroxylation is 1. The molecule has 2 aromatic heterocycles. The fourth-order valence-corrected chi connectivity index (χ4v) is 3.37. The summed E-state index contributed by atoms with van der Waals surface area (Å²) < 4.78 is 2.00. The fraction of sp³-hybridized carbons (Fsp3) is 0.125. The Hall–Kier alpha value is -2.31. The Morgan fingerprint density at radius 3 is 2.65 bits per heavy atom. The summed E-state index contributed by atoms with van der Waals surface area (Å²) in [5, 5.41) is 15.3. The van der Waals surface area contributed by atoms with Crippen LogP contribution in [0.2, 0.25) is 5.02 Å². The lowest BCUT2D eigenvalue weighted by Gasteiger charge is -2.11. The fourth-order valence-electron chi connectivity index (χ4n) is 2.40. The highest BCUT2D eigenvalue weighted by molar-refractivity contribution is 7.17. The van der Waals surface area contributed by atoms with Crippen molar-refractivity contribution in [2.24, 2.45) is 0 Å². The number of anilines is 1. The zero-order valence-electron chi connectivity index (χ0n) is 12.2. The second-order valence-electron chi connectivity index (χ2n) is 4.87. The molecule has 0 fully saturated rings. The first-order valence-corrected chi connectivity index (χ1v) is 8.18. The molecule has 0 aliphatic heterocycles. The van der Waals surface area contributed by atoms with Gasteiger partial charge in [0.15, 0.2) is 5.75 Å². The average Bonchev–Trinajstić information content (AvgIpc) is 3.00. The van der Waals surface area contributed by atoms with Gasteiger partial charge in [0.2, 0.25) is 0 Å². The van der Waals surface area contributed by atoms with Gasteiger partial charge in [0, 0.05) is 17.3 Å². The quantitative estimate of drug-likeness (QED) is 0.758. The number of thiophene rings is 1. The molecule has 2 heterocycles. The lowest BCUT2D eigenvalue weighted by atomic mass is 10.2. The predicted octanol–water partition coefficient (Wildman–Crippen LogP) is 3.69. The Balaban J connectivity index is 2.10. The van der Waals surface area contributed by atoms with E-state index in [2.05, 4.69) is 5.32 Å². The van der Waals surface area contributed by atoms with Crippen LogP contribution in [0.3, 0.4) is 0 Å². The summed E-state index contributed by atoms with van der Waals surface area (Å²) >= 11 is 7.09. The van der Waals surface area contributed by atoms with E-state index in [9.17, 15) is 14.7 Å². The third-order valence-electron chi connectivity index (χ3n) is 3.49. The largest absolute Gasteiger partial charge is 0.505 e. The van der Waals surface area contributed by atoms with Gasteiger partial charge in [-0.3, -0.25) is 9.59 Å². The van der Waals surface area contributed by atoms with Crippen molar-refractivity contribution in [3.63, 3.8) is 0 Å². The maximum atomic E-state index is 12.5. The molecule has 0 bridgehead atoms. The third-order valence-corrected chi connectivity index (χ3v) is 4.65. The number of aromatic nitrogens is 1. The second kappa shape index (κ2) is 6.06. The van der Waals surface area contributed by atoms with Crippen LogP contribution < -0.4 is 10.9 Å². The average molecular weight is 349 g/mol. The van der Waals surface area contributed by atoms with Crippen molar-refractivity contribution >= 4 is 44.7 Å². The zero-order chi connectivity index (χ0) is 16.6. The summed E-state index contributed by atoms with van der Waals surface area (Å²) in [7, 11) is 0. The van der Waals surface area contributed by atoms with Crippen LogP contribution in [0.25, 0.3) is 10.2 Å². The summed E-state index contributed by atoms with van der Waals surface area (Å²) in [6, 6.07) is 8.26. The number of aromatic hydroxyl groups is 1. The third kappa shape index (κ3) is 2.71. The van der Waals surface area contributed by atoms with E-state index in [0.717, 1.165) is 0 Å². The monoisotopic (exact) mass is 348 g/mol. The molecule has 0 radical (unpaired) electrons. The van der Waals surface area contributed by atoms with E-state index < -0.39 is 11.5 Å². The molecule has 0 spiro atoms. The molecule has 2 N–H and O–H groups in total. The summed E-state index contributed by atoms with van der Waals surface area (Å²) in [4.78, 5) is 25.0. The van der Waals surface area contributed by atoms with Crippen LogP contribution in [0.5, 0.6) is 5.75 Å². The summed E-state index contributed by atoms with van der Waals surface area (Å²) in [6.45, 7) is 2.23. The number of carbonyl (C=O) groups is 1. The summed E-state index contributed by atoms with van der Waals surface area (Å²) in [5.41, 5.74) is 0.356. The second-order valence-corrected chi connectivity index (χ2v) is 6.22. The Labute approximate surface area is 140 Å². The molecule has 0 aliphatic rings. The number of nitrogens with zero attached hydrogens (tertiary/aromatic N) is 1. The molecule has 1 aromatic carbocycles. The minimum atomic E-state index is -0.646. The molecule has 0 aliphatic carbocycles. The van der Waals surface area contributed by atoms with Crippen LogP contribution in [0, 0.1) is 0 Å². The molecule has 3 rings (SSSR count). The van der Waals surface area contributed by atoms with E-state index in [1.165, 1.54) is 15.9 Å². The van der Waals surface area contributed by atoms with Crippen LogP contribution in [-0.2, 0) is 6.54 Å². The van der Waals surface area contributed by atoms with Crippen molar-refractivity contribution in [1.29, 1.82) is 0 Å². The lowest BCUT2D eigenvalue weighted by molar-refractivity contribution is 0.102. The van der Waals surface area contributed by atoms with Crippen LogP contribution in [0.4, 0.5) is 5.69 Å². The SMILES string of the molecule is CCn1c(=O)c(C(=O)Nc2ccc(Cl)cc2)c(O)c2sccc21. The Morgan fingerprint density at radius 2 is 2.00 bits per heavy atom. The van der Waals surface area contributed by atoms with Crippen molar-refractivity contribution in [3.8, 4) is 5.75 Å². The molecule has 1 amide bonds. The number of amides is 1. The Kier molecular flexibility index (Phi) is 4.11. The van der Waals surface area contributed by atoms with Crippen LogP contribution in [-0.4, -0.2) is 15.6 Å². The number of fused-ring (bicyclic) bond motifs is 1. The number of rotatable bonds is 3. The molecule has 118 valence electrons. The van der Waals surface area contributed by atoms with Gasteiger partial charge in [-0.05, 0) is 42.6 Å². The van der Waals surface area contributed by atoms with Gasteiger partial charge in [0.05, 0.1) is 10.2 Å². The maximum Gasteiger partial charge on any atom is 0.267 e. The normalized spacial score (nSPS) is 10.9. The molecule has 3 aromatic rings. The number of hydrogen-bond acceptors (Lipinski definition) is 4. The molecule has 7 heteroatoms. The molecule has 0 saturated heterocycles. The van der Waals surface area contributed by atoms with Crippen molar-refractivity contribution < 1.29 is 9.90 Å². The van der Waals surface area contributed by atoms with Gasteiger partial charge in [-0.25, -0.2) is 0 Å². The van der Waals surface area contributed by atoms with Crippen LogP contribution >= 0.6 is 22.9 Å². The Morgan fingerprint density at radius 1 is 1.30 bits per heavy atom. The van der Waals surface area contributed by atoms with Crippen molar-refractivity contribution in [1.82, 2.24) is 4.57 Å². The highest BCUT2D eigenvalue weighted by Crippen LogP contribution is 2.31. The standard InChI is InChI=1S/C16H13ClN2O3S/c1-2-19-11-7-8-23-14(11)13(20)12(16(19)22)15(21)18-10-5-3-9(17)4-6-10/h3-8,20H,2H2,1H3,(H,18,21). The molecular weight excluding hydrogens is 336 g/mol.